The molecule has 2 rings (SSSR count). The van der Waals surface area contributed by atoms with Gasteiger partial charge >= 0.3 is 0 Å². The number of nitrogens with one attached hydrogen (secondary N) is 1. The van der Waals surface area contributed by atoms with Gasteiger partial charge in [-0.2, -0.15) is 0 Å². The van der Waals surface area contributed by atoms with E-state index in [4.69, 9.17) is 4.74 Å². The van der Waals surface area contributed by atoms with Gasteiger partial charge in [0, 0.05) is 10.5 Å². The number of ether oxygens (including phenoxy) is 1. The zero-order valence-corrected chi connectivity index (χ0v) is 14.0. The minimum absolute atomic E-state index is 0.0449. The Labute approximate surface area is 133 Å². The Bertz CT molecular complexity index is 630. The summed E-state index contributed by atoms with van der Waals surface area (Å²) in [7, 11) is 3.37. The summed E-state index contributed by atoms with van der Waals surface area (Å²) in [4.78, 5) is 0. The molecule has 0 radical (unpaired) electrons. The first-order valence-electron chi connectivity index (χ1n) is 6.81. The fourth-order valence-corrected chi connectivity index (χ4v) is 2.70. The molecule has 2 nitrogen and oxygen atoms in total. The van der Waals surface area contributed by atoms with Gasteiger partial charge in [-0.25, -0.2) is 4.39 Å². The molecular formula is C17H19BrFNO. The van der Waals surface area contributed by atoms with Crippen LogP contribution in [-0.2, 0) is 6.42 Å². The highest BCUT2D eigenvalue weighted by atomic mass is 79.9. The van der Waals surface area contributed by atoms with Gasteiger partial charge in [-0.05, 0) is 49.2 Å². The van der Waals surface area contributed by atoms with E-state index >= 15 is 0 Å². The lowest BCUT2D eigenvalue weighted by molar-refractivity contribution is 0.383. The lowest BCUT2D eigenvalue weighted by atomic mass is 9.97. The molecule has 112 valence electrons. The lowest BCUT2D eigenvalue weighted by Crippen LogP contribution is -2.19. The van der Waals surface area contributed by atoms with Crippen LogP contribution in [0.2, 0.25) is 0 Å². The number of benzene rings is 2. The molecule has 0 spiro atoms. The van der Waals surface area contributed by atoms with Crippen molar-refractivity contribution in [1.82, 2.24) is 5.32 Å². The van der Waals surface area contributed by atoms with Crippen molar-refractivity contribution in [2.24, 2.45) is 0 Å². The van der Waals surface area contributed by atoms with E-state index in [0.29, 0.717) is 12.0 Å². The first kappa shape index (κ1) is 16.0. The molecule has 1 atom stereocenters. The second kappa shape index (κ2) is 7.05. The zero-order chi connectivity index (χ0) is 15.4. The monoisotopic (exact) mass is 351 g/mol. The molecule has 0 heterocycles. The smallest absolute Gasteiger partial charge is 0.168 e. The summed E-state index contributed by atoms with van der Waals surface area (Å²) in [6, 6.07) is 11.5. The van der Waals surface area contributed by atoms with Crippen molar-refractivity contribution >= 4 is 15.9 Å². The minimum Gasteiger partial charge on any atom is -0.494 e. The van der Waals surface area contributed by atoms with Crippen LogP contribution >= 0.6 is 15.9 Å². The van der Waals surface area contributed by atoms with Crippen molar-refractivity contribution < 1.29 is 9.13 Å². The van der Waals surface area contributed by atoms with Gasteiger partial charge in [0.05, 0.1) is 7.11 Å². The summed E-state index contributed by atoms with van der Waals surface area (Å²) < 4.78 is 20.4. The maximum atomic E-state index is 14.3. The molecule has 0 bridgehead atoms. The number of aryl methyl sites for hydroxylation is 1. The first-order valence-corrected chi connectivity index (χ1v) is 7.60. The SMILES string of the molecule is CNC(Cc1cccc(OC)c1F)c1ccc(C)c(Br)c1. The summed E-state index contributed by atoms with van der Waals surface area (Å²) >= 11 is 3.54. The molecule has 21 heavy (non-hydrogen) atoms. The average Bonchev–Trinajstić information content (AvgIpc) is 2.49. The Morgan fingerprint density at radius 3 is 2.67 bits per heavy atom. The summed E-state index contributed by atoms with van der Waals surface area (Å²) in [5, 5.41) is 3.25. The maximum Gasteiger partial charge on any atom is 0.168 e. The molecule has 1 N–H and O–H groups in total. The molecule has 0 saturated carbocycles. The van der Waals surface area contributed by atoms with E-state index in [1.165, 1.54) is 12.7 Å². The van der Waals surface area contributed by atoms with Crippen LogP contribution < -0.4 is 10.1 Å². The van der Waals surface area contributed by atoms with E-state index in [1.807, 2.05) is 20.0 Å². The molecule has 0 saturated heterocycles. The quantitative estimate of drug-likeness (QED) is 0.861. The van der Waals surface area contributed by atoms with Crippen molar-refractivity contribution in [2.75, 3.05) is 14.2 Å². The van der Waals surface area contributed by atoms with Crippen molar-refractivity contribution in [3.63, 3.8) is 0 Å². The molecule has 0 aliphatic heterocycles. The highest BCUT2D eigenvalue weighted by Gasteiger charge is 2.15. The number of halogens is 2. The van der Waals surface area contributed by atoms with Gasteiger partial charge in [-0.15, -0.1) is 0 Å². The Hall–Kier alpha value is -1.39. The van der Waals surface area contributed by atoms with Crippen LogP contribution in [0.25, 0.3) is 0 Å². The van der Waals surface area contributed by atoms with Crippen LogP contribution in [0.5, 0.6) is 5.75 Å². The summed E-state index contributed by atoms with van der Waals surface area (Å²) in [6.45, 7) is 2.05. The topological polar surface area (TPSA) is 21.3 Å². The number of likely N-dealkylation sites (N-methyl/N-ethyl adjacent to an activating group) is 1. The van der Waals surface area contributed by atoms with Gasteiger partial charge < -0.3 is 10.1 Å². The predicted molar refractivity (Wildman–Crippen MR) is 87.3 cm³/mol. The number of methoxy groups -OCH3 is 1. The van der Waals surface area contributed by atoms with Crippen molar-refractivity contribution in [2.45, 2.75) is 19.4 Å². The first-order chi connectivity index (χ1) is 10.1. The predicted octanol–water partition coefficient (Wildman–Crippen LogP) is 4.41. The van der Waals surface area contributed by atoms with E-state index < -0.39 is 0 Å². The Kier molecular flexibility index (Phi) is 5.37. The van der Waals surface area contributed by atoms with E-state index in [1.54, 1.807) is 12.1 Å². The fraction of sp³-hybridized carbons (Fsp3) is 0.294. The Balaban J connectivity index is 2.29. The van der Waals surface area contributed by atoms with E-state index in [2.05, 4.69) is 39.4 Å². The molecular weight excluding hydrogens is 333 g/mol. The highest BCUT2D eigenvalue weighted by molar-refractivity contribution is 9.10. The summed E-state index contributed by atoms with van der Waals surface area (Å²) in [6.07, 6.45) is 0.565. The second-order valence-electron chi connectivity index (χ2n) is 4.99. The third-order valence-corrected chi connectivity index (χ3v) is 4.49. The van der Waals surface area contributed by atoms with Crippen LogP contribution in [0.4, 0.5) is 4.39 Å². The largest absolute Gasteiger partial charge is 0.494 e. The Morgan fingerprint density at radius 2 is 2.05 bits per heavy atom. The molecule has 0 aliphatic rings. The van der Waals surface area contributed by atoms with Gasteiger partial charge in [-0.1, -0.05) is 40.2 Å². The Morgan fingerprint density at radius 1 is 1.29 bits per heavy atom. The van der Waals surface area contributed by atoms with Crippen molar-refractivity contribution in [1.29, 1.82) is 0 Å². The number of hydrogen-bond donors (Lipinski definition) is 1. The normalized spacial score (nSPS) is 12.2. The van der Waals surface area contributed by atoms with Gasteiger partial charge in [0.15, 0.2) is 11.6 Å². The van der Waals surface area contributed by atoms with E-state index in [9.17, 15) is 4.39 Å². The molecule has 2 aromatic rings. The van der Waals surface area contributed by atoms with Crippen LogP contribution in [0.3, 0.4) is 0 Å². The van der Waals surface area contributed by atoms with Gasteiger partial charge in [0.2, 0.25) is 0 Å². The lowest BCUT2D eigenvalue weighted by Gasteiger charge is -2.18. The third kappa shape index (κ3) is 3.63. The third-order valence-electron chi connectivity index (χ3n) is 3.63. The van der Waals surface area contributed by atoms with Crippen LogP contribution in [-0.4, -0.2) is 14.2 Å². The summed E-state index contributed by atoms with van der Waals surface area (Å²) in [5.74, 6) is -0.00105. The highest BCUT2D eigenvalue weighted by Crippen LogP contribution is 2.27. The molecule has 2 aromatic carbocycles. The van der Waals surface area contributed by atoms with E-state index in [0.717, 1.165) is 10.0 Å². The molecule has 0 aliphatic carbocycles. The molecule has 4 heteroatoms. The van der Waals surface area contributed by atoms with Gasteiger partial charge in [-0.3, -0.25) is 0 Å². The van der Waals surface area contributed by atoms with Gasteiger partial charge in [0.1, 0.15) is 0 Å². The molecule has 0 aromatic heterocycles. The fourth-order valence-electron chi connectivity index (χ4n) is 2.30. The van der Waals surface area contributed by atoms with Crippen LogP contribution in [0.15, 0.2) is 40.9 Å². The average molecular weight is 352 g/mol. The number of rotatable bonds is 5. The van der Waals surface area contributed by atoms with E-state index in [-0.39, 0.29) is 17.6 Å². The summed E-state index contributed by atoms with van der Waals surface area (Å²) in [5.41, 5.74) is 2.95. The van der Waals surface area contributed by atoms with Crippen LogP contribution in [0, 0.1) is 12.7 Å². The molecule has 0 fully saturated rings. The molecule has 0 amide bonds. The van der Waals surface area contributed by atoms with Gasteiger partial charge in [0.25, 0.3) is 0 Å². The van der Waals surface area contributed by atoms with Crippen molar-refractivity contribution in [3.8, 4) is 5.75 Å². The minimum atomic E-state index is -0.286. The molecule has 1 unspecified atom stereocenters. The van der Waals surface area contributed by atoms with Crippen molar-refractivity contribution in [3.05, 3.63) is 63.4 Å². The second-order valence-corrected chi connectivity index (χ2v) is 5.84. The standard InChI is InChI=1S/C17H19BrFNO/c1-11-7-8-12(9-14(11)18)15(20-2)10-13-5-4-6-16(21-3)17(13)19/h4-9,15,20H,10H2,1-3H3. The number of hydrogen-bond acceptors (Lipinski definition) is 2. The zero-order valence-electron chi connectivity index (χ0n) is 12.4. The maximum absolute atomic E-state index is 14.3. The van der Waals surface area contributed by atoms with Crippen LogP contribution in [0.1, 0.15) is 22.7 Å².